The van der Waals surface area contributed by atoms with E-state index in [1.54, 1.807) is 13.2 Å². The van der Waals surface area contributed by atoms with Gasteiger partial charge in [0.2, 0.25) is 0 Å². The van der Waals surface area contributed by atoms with Crippen LogP contribution in [-0.4, -0.2) is 31.5 Å². The summed E-state index contributed by atoms with van der Waals surface area (Å²) in [4.78, 5) is 0. The molecule has 84 valence electrons. The number of aliphatic hydroxyl groups is 1. The molecule has 0 saturated heterocycles. The molecule has 0 bridgehead atoms. The summed E-state index contributed by atoms with van der Waals surface area (Å²) in [5.74, 6) is 1.49. The second-order valence-electron chi connectivity index (χ2n) is 3.21. The molecule has 0 heterocycles. The van der Waals surface area contributed by atoms with Gasteiger partial charge in [-0.25, -0.2) is 0 Å². The normalized spacial score (nSPS) is 12.2. The van der Waals surface area contributed by atoms with Crippen LogP contribution in [0, 0.1) is 0 Å². The van der Waals surface area contributed by atoms with E-state index in [1.165, 1.54) is 0 Å². The van der Waals surface area contributed by atoms with E-state index in [-0.39, 0.29) is 6.54 Å². The molecule has 1 unspecified atom stereocenters. The SMILES string of the molecule is COc1cccc(OCCC(O)CN)c1. The minimum atomic E-state index is -0.490. The van der Waals surface area contributed by atoms with Crippen molar-refractivity contribution in [1.82, 2.24) is 0 Å². The van der Waals surface area contributed by atoms with Crippen LogP contribution in [0.3, 0.4) is 0 Å². The lowest BCUT2D eigenvalue weighted by atomic mass is 10.2. The first-order valence-corrected chi connectivity index (χ1v) is 4.91. The van der Waals surface area contributed by atoms with E-state index < -0.39 is 6.10 Å². The van der Waals surface area contributed by atoms with Crippen LogP contribution in [0.5, 0.6) is 11.5 Å². The highest BCUT2D eigenvalue weighted by molar-refractivity contribution is 5.32. The van der Waals surface area contributed by atoms with Crippen molar-refractivity contribution in [2.24, 2.45) is 5.73 Å². The molecule has 0 fully saturated rings. The van der Waals surface area contributed by atoms with Gasteiger partial charge < -0.3 is 20.3 Å². The highest BCUT2D eigenvalue weighted by Gasteiger charge is 2.01. The van der Waals surface area contributed by atoms with Crippen molar-refractivity contribution in [2.45, 2.75) is 12.5 Å². The van der Waals surface area contributed by atoms with Crippen molar-refractivity contribution >= 4 is 0 Å². The summed E-state index contributed by atoms with van der Waals surface area (Å²) in [5, 5.41) is 9.21. The number of nitrogens with two attached hydrogens (primary N) is 1. The zero-order valence-electron chi connectivity index (χ0n) is 8.85. The summed E-state index contributed by atoms with van der Waals surface area (Å²) in [6.45, 7) is 0.715. The van der Waals surface area contributed by atoms with E-state index >= 15 is 0 Å². The minimum Gasteiger partial charge on any atom is -0.497 e. The molecule has 0 aliphatic heterocycles. The van der Waals surface area contributed by atoms with Crippen molar-refractivity contribution < 1.29 is 14.6 Å². The summed E-state index contributed by atoms with van der Waals surface area (Å²) < 4.78 is 10.5. The number of methoxy groups -OCH3 is 1. The molecule has 3 N–H and O–H groups in total. The second-order valence-corrected chi connectivity index (χ2v) is 3.21. The van der Waals surface area contributed by atoms with Gasteiger partial charge in [-0.15, -0.1) is 0 Å². The maximum absolute atomic E-state index is 9.21. The zero-order chi connectivity index (χ0) is 11.1. The molecule has 0 aromatic heterocycles. The van der Waals surface area contributed by atoms with Crippen molar-refractivity contribution in [3.05, 3.63) is 24.3 Å². The maximum atomic E-state index is 9.21. The second kappa shape index (κ2) is 6.27. The van der Waals surface area contributed by atoms with Gasteiger partial charge in [0.1, 0.15) is 11.5 Å². The number of benzene rings is 1. The van der Waals surface area contributed by atoms with Crippen LogP contribution >= 0.6 is 0 Å². The largest absolute Gasteiger partial charge is 0.497 e. The van der Waals surface area contributed by atoms with Crippen LogP contribution in [0.25, 0.3) is 0 Å². The zero-order valence-corrected chi connectivity index (χ0v) is 8.85. The van der Waals surface area contributed by atoms with Crippen LogP contribution in [0.1, 0.15) is 6.42 Å². The average Bonchev–Trinajstić information content (AvgIpc) is 2.29. The van der Waals surface area contributed by atoms with Gasteiger partial charge in [-0.3, -0.25) is 0 Å². The van der Waals surface area contributed by atoms with Crippen LogP contribution in [0.2, 0.25) is 0 Å². The van der Waals surface area contributed by atoms with E-state index in [0.29, 0.717) is 13.0 Å². The molecule has 0 aliphatic carbocycles. The van der Waals surface area contributed by atoms with Gasteiger partial charge >= 0.3 is 0 Å². The topological polar surface area (TPSA) is 64.7 Å². The van der Waals surface area contributed by atoms with Crippen LogP contribution in [-0.2, 0) is 0 Å². The number of aliphatic hydroxyl groups excluding tert-OH is 1. The number of rotatable bonds is 6. The molecule has 1 aromatic rings. The summed E-state index contributed by atoms with van der Waals surface area (Å²) in [6, 6.07) is 7.35. The molecule has 0 saturated carbocycles. The fourth-order valence-electron chi connectivity index (χ4n) is 1.12. The van der Waals surface area contributed by atoms with Crippen molar-refractivity contribution in [3.63, 3.8) is 0 Å². The Morgan fingerprint density at radius 2 is 2.13 bits per heavy atom. The fraction of sp³-hybridized carbons (Fsp3) is 0.455. The molecule has 0 aliphatic rings. The molecular weight excluding hydrogens is 194 g/mol. The highest BCUT2D eigenvalue weighted by Crippen LogP contribution is 2.18. The Morgan fingerprint density at radius 1 is 1.40 bits per heavy atom. The predicted octanol–water partition coefficient (Wildman–Crippen LogP) is 0.784. The third-order valence-electron chi connectivity index (χ3n) is 2.03. The van der Waals surface area contributed by atoms with E-state index in [9.17, 15) is 5.11 Å². The minimum absolute atomic E-state index is 0.265. The summed E-state index contributed by atoms with van der Waals surface area (Å²) in [5.41, 5.74) is 5.27. The molecule has 1 rings (SSSR count). The van der Waals surface area contributed by atoms with Crippen LogP contribution in [0.15, 0.2) is 24.3 Å². The summed E-state index contributed by atoms with van der Waals surface area (Å²) in [6.07, 6.45) is 0.0452. The first kappa shape index (κ1) is 11.8. The Balaban J connectivity index is 2.37. The molecule has 0 amide bonds. The third-order valence-corrected chi connectivity index (χ3v) is 2.03. The van der Waals surface area contributed by atoms with Gasteiger partial charge in [-0.1, -0.05) is 6.07 Å². The van der Waals surface area contributed by atoms with Gasteiger partial charge in [0, 0.05) is 19.0 Å². The lowest BCUT2D eigenvalue weighted by molar-refractivity contribution is 0.146. The Hall–Kier alpha value is -1.26. The number of ether oxygens (including phenoxy) is 2. The Labute approximate surface area is 89.6 Å². The molecule has 15 heavy (non-hydrogen) atoms. The van der Waals surface area contributed by atoms with E-state index in [0.717, 1.165) is 11.5 Å². The highest BCUT2D eigenvalue weighted by atomic mass is 16.5. The van der Waals surface area contributed by atoms with Crippen LogP contribution in [0.4, 0.5) is 0 Å². The maximum Gasteiger partial charge on any atom is 0.122 e. The Morgan fingerprint density at radius 3 is 2.80 bits per heavy atom. The van der Waals surface area contributed by atoms with Gasteiger partial charge in [-0.05, 0) is 12.1 Å². The molecule has 1 aromatic carbocycles. The average molecular weight is 211 g/mol. The molecular formula is C11H17NO3. The predicted molar refractivity (Wildman–Crippen MR) is 58.2 cm³/mol. The lowest BCUT2D eigenvalue weighted by Gasteiger charge is -2.10. The van der Waals surface area contributed by atoms with Crippen LogP contribution < -0.4 is 15.2 Å². The third kappa shape index (κ3) is 4.18. The monoisotopic (exact) mass is 211 g/mol. The molecule has 0 radical (unpaired) electrons. The van der Waals surface area contributed by atoms with Crippen molar-refractivity contribution in [1.29, 1.82) is 0 Å². The van der Waals surface area contributed by atoms with E-state index in [4.69, 9.17) is 15.2 Å². The van der Waals surface area contributed by atoms with Crippen molar-refractivity contribution in [3.8, 4) is 11.5 Å². The standard InChI is InChI=1S/C11H17NO3/c1-14-10-3-2-4-11(7-10)15-6-5-9(13)8-12/h2-4,7,9,13H,5-6,8,12H2,1H3. The molecule has 4 nitrogen and oxygen atoms in total. The van der Waals surface area contributed by atoms with Gasteiger partial charge in [0.15, 0.2) is 0 Å². The molecule has 0 spiro atoms. The first-order chi connectivity index (χ1) is 7.26. The Bertz CT molecular complexity index is 291. The smallest absolute Gasteiger partial charge is 0.122 e. The molecule has 1 atom stereocenters. The molecule has 4 heteroatoms. The van der Waals surface area contributed by atoms with Gasteiger partial charge in [0.25, 0.3) is 0 Å². The lowest BCUT2D eigenvalue weighted by Crippen LogP contribution is -2.21. The number of hydrogen-bond acceptors (Lipinski definition) is 4. The summed E-state index contributed by atoms with van der Waals surface area (Å²) in [7, 11) is 1.61. The fourth-order valence-corrected chi connectivity index (χ4v) is 1.12. The Kier molecular flexibility index (Phi) is 4.93. The first-order valence-electron chi connectivity index (χ1n) is 4.91. The quantitative estimate of drug-likeness (QED) is 0.730. The number of hydrogen-bond donors (Lipinski definition) is 2. The van der Waals surface area contributed by atoms with Gasteiger partial charge in [0.05, 0.1) is 19.8 Å². The van der Waals surface area contributed by atoms with E-state index in [1.807, 2.05) is 18.2 Å². The van der Waals surface area contributed by atoms with Gasteiger partial charge in [-0.2, -0.15) is 0 Å². The van der Waals surface area contributed by atoms with E-state index in [2.05, 4.69) is 0 Å². The summed E-state index contributed by atoms with van der Waals surface area (Å²) >= 11 is 0. The van der Waals surface area contributed by atoms with Crippen molar-refractivity contribution in [2.75, 3.05) is 20.3 Å².